The lowest BCUT2D eigenvalue weighted by Crippen LogP contribution is -2.18. The van der Waals surface area contributed by atoms with Crippen LogP contribution in [0.15, 0.2) is 60.7 Å². The molecule has 0 spiro atoms. The van der Waals surface area contributed by atoms with E-state index in [0.29, 0.717) is 0 Å². The topological polar surface area (TPSA) is 30.5 Å². The summed E-state index contributed by atoms with van der Waals surface area (Å²) < 4.78 is 10.7. The van der Waals surface area contributed by atoms with Crippen molar-refractivity contribution in [1.29, 1.82) is 0 Å². The van der Waals surface area contributed by atoms with Crippen LogP contribution in [0.25, 0.3) is 10.8 Å². The first-order chi connectivity index (χ1) is 11.7. The molecular weight excluding hydrogens is 334 g/mol. The van der Waals surface area contributed by atoms with Gasteiger partial charge in [0.2, 0.25) is 0 Å². The van der Waals surface area contributed by atoms with Crippen molar-refractivity contribution in [3.05, 3.63) is 71.8 Å². The average Bonchev–Trinajstić information content (AvgIpc) is 2.65. The van der Waals surface area contributed by atoms with E-state index in [1.165, 1.54) is 21.9 Å². The molecule has 0 fully saturated rings. The number of benzene rings is 3. The van der Waals surface area contributed by atoms with Crippen LogP contribution >= 0.6 is 12.4 Å². The number of rotatable bonds is 6. The van der Waals surface area contributed by atoms with Gasteiger partial charge in [0.05, 0.1) is 14.2 Å². The van der Waals surface area contributed by atoms with Gasteiger partial charge < -0.3 is 14.8 Å². The van der Waals surface area contributed by atoms with Gasteiger partial charge >= 0.3 is 0 Å². The fourth-order valence-corrected chi connectivity index (χ4v) is 3.00. The molecule has 0 aromatic heterocycles. The van der Waals surface area contributed by atoms with E-state index in [4.69, 9.17) is 9.47 Å². The van der Waals surface area contributed by atoms with Crippen molar-refractivity contribution in [2.75, 3.05) is 14.2 Å². The Balaban J connectivity index is 0.00000225. The number of halogens is 1. The van der Waals surface area contributed by atoms with Crippen LogP contribution in [-0.4, -0.2) is 14.2 Å². The molecule has 0 amide bonds. The highest BCUT2D eigenvalue weighted by Crippen LogP contribution is 2.28. The Kier molecular flexibility index (Phi) is 6.68. The number of hydrogen-bond acceptors (Lipinski definition) is 3. The maximum atomic E-state index is 5.37. The van der Waals surface area contributed by atoms with Crippen molar-refractivity contribution in [1.82, 2.24) is 5.32 Å². The molecular formula is C21H24ClNO2. The average molecular weight is 358 g/mol. The maximum Gasteiger partial charge on any atom is 0.161 e. The van der Waals surface area contributed by atoms with E-state index in [2.05, 4.69) is 60.8 Å². The van der Waals surface area contributed by atoms with Gasteiger partial charge in [-0.3, -0.25) is 0 Å². The first-order valence-corrected chi connectivity index (χ1v) is 8.15. The molecule has 3 rings (SSSR count). The Morgan fingerprint density at radius 1 is 0.880 bits per heavy atom. The number of fused-ring (bicyclic) bond motifs is 1. The minimum atomic E-state index is 0. The third-order valence-electron chi connectivity index (χ3n) is 4.35. The molecule has 0 bridgehead atoms. The summed E-state index contributed by atoms with van der Waals surface area (Å²) in [5.41, 5.74) is 2.48. The SMILES string of the molecule is COc1ccc(CNC(C)c2cccc3ccccc23)cc1OC.Cl. The summed E-state index contributed by atoms with van der Waals surface area (Å²) >= 11 is 0. The third kappa shape index (κ3) is 4.25. The van der Waals surface area contributed by atoms with Crippen LogP contribution in [0, 0.1) is 0 Å². The lowest BCUT2D eigenvalue weighted by Gasteiger charge is -2.17. The van der Waals surface area contributed by atoms with Crippen molar-refractivity contribution in [2.45, 2.75) is 19.5 Å². The zero-order chi connectivity index (χ0) is 16.9. The van der Waals surface area contributed by atoms with E-state index in [-0.39, 0.29) is 18.4 Å². The highest BCUT2D eigenvalue weighted by atomic mass is 35.5. The molecule has 1 N–H and O–H groups in total. The molecule has 1 atom stereocenters. The van der Waals surface area contributed by atoms with Crippen LogP contribution in [0.3, 0.4) is 0 Å². The Hall–Kier alpha value is -2.23. The van der Waals surface area contributed by atoms with Crippen LogP contribution < -0.4 is 14.8 Å². The van der Waals surface area contributed by atoms with Gasteiger partial charge in [0.15, 0.2) is 11.5 Å². The van der Waals surface area contributed by atoms with E-state index >= 15 is 0 Å². The molecule has 1 unspecified atom stereocenters. The molecule has 132 valence electrons. The maximum absolute atomic E-state index is 5.37. The fourth-order valence-electron chi connectivity index (χ4n) is 3.00. The largest absolute Gasteiger partial charge is 0.493 e. The van der Waals surface area contributed by atoms with Crippen LogP contribution in [0.1, 0.15) is 24.1 Å². The van der Waals surface area contributed by atoms with Crippen molar-refractivity contribution in [3.8, 4) is 11.5 Å². The zero-order valence-electron chi connectivity index (χ0n) is 14.8. The lowest BCUT2D eigenvalue weighted by molar-refractivity contribution is 0.354. The van der Waals surface area contributed by atoms with Gasteiger partial charge in [-0.1, -0.05) is 48.5 Å². The molecule has 0 aliphatic carbocycles. The van der Waals surface area contributed by atoms with Gasteiger partial charge in [-0.25, -0.2) is 0 Å². The van der Waals surface area contributed by atoms with Crippen molar-refractivity contribution < 1.29 is 9.47 Å². The monoisotopic (exact) mass is 357 g/mol. The Bertz CT molecular complexity index is 830. The Morgan fingerprint density at radius 2 is 1.60 bits per heavy atom. The first kappa shape index (κ1) is 19.1. The highest BCUT2D eigenvalue weighted by molar-refractivity contribution is 5.86. The van der Waals surface area contributed by atoms with E-state index in [1.807, 2.05) is 12.1 Å². The van der Waals surface area contributed by atoms with Crippen molar-refractivity contribution in [3.63, 3.8) is 0 Å². The van der Waals surface area contributed by atoms with Crippen LogP contribution in [0.4, 0.5) is 0 Å². The van der Waals surface area contributed by atoms with Crippen LogP contribution in [0.2, 0.25) is 0 Å². The zero-order valence-corrected chi connectivity index (χ0v) is 15.6. The highest BCUT2D eigenvalue weighted by Gasteiger charge is 2.10. The smallest absolute Gasteiger partial charge is 0.161 e. The summed E-state index contributed by atoms with van der Waals surface area (Å²) in [5, 5.41) is 6.17. The summed E-state index contributed by atoms with van der Waals surface area (Å²) in [6, 6.07) is 21.2. The molecule has 0 radical (unpaired) electrons. The number of methoxy groups -OCH3 is 2. The summed E-state index contributed by atoms with van der Waals surface area (Å²) in [7, 11) is 3.31. The normalized spacial score (nSPS) is 11.6. The molecule has 3 aromatic carbocycles. The quantitative estimate of drug-likeness (QED) is 0.663. The van der Waals surface area contributed by atoms with Gasteiger partial charge in [-0.05, 0) is 41.0 Å². The van der Waals surface area contributed by atoms with Gasteiger partial charge in [-0.15, -0.1) is 12.4 Å². The predicted octanol–water partition coefficient (Wildman–Crippen LogP) is 5.13. The lowest BCUT2D eigenvalue weighted by atomic mass is 9.99. The minimum absolute atomic E-state index is 0. The Labute approximate surface area is 155 Å². The summed E-state index contributed by atoms with van der Waals surface area (Å²) in [4.78, 5) is 0. The third-order valence-corrected chi connectivity index (χ3v) is 4.35. The second-order valence-electron chi connectivity index (χ2n) is 5.86. The van der Waals surface area contributed by atoms with Crippen LogP contribution in [-0.2, 0) is 6.54 Å². The molecule has 4 heteroatoms. The summed E-state index contributed by atoms with van der Waals surface area (Å²) in [6.07, 6.45) is 0. The standard InChI is InChI=1S/C21H23NO2.ClH/c1-15(18-10-6-8-17-7-4-5-9-19(17)18)22-14-16-11-12-20(23-2)21(13-16)24-3;/h4-13,15,22H,14H2,1-3H3;1H. The van der Waals surface area contributed by atoms with Crippen LogP contribution in [0.5, 0.6) is 11.5 Å². The summed E-state index contributed by atoms with van der Waals surface area (Å²) in [5.74, 6) is 1.51. The number of hydrogen-bond donors (Lipinski definition) is 1. The number of ether oxygens (including phenoxy) is 2. The van der Waals surface area contributed by atoms with Gasteiger partial charge in [0, 0.05) is 12.6 Å². The minimum Gasteiger partial charge on any atom is -0.493 e. The molecule has 0 aliphatic rings. The Morgan fingerprint density at radius 3 is 2.36 bits per heavy atom. The van der Waals surface area contributed by atoms with Gasteiger partial charge in [0.1, 0.15) is 0 Å². The molecule has 3 nitrogen and oxygen atoms in total. The molecule has 3 aromatic rings. The fraction of sp³-hybridized carbons (Fsp3) is 0.238. The van der Waals surface area contributed by atoms with Gasteiger partial charge in [0.25, 0.3) is 0 Å². The van der Waals surface area contributed by atoms with E-state index < -0.39 is 0 Å². The molecule has 0 saturated carbocycles. The van der Waals surface area contributed by atoms with Crippen molar-refractivity contribution >= 4 is 23.2 Å². The first-order valence-electron chi connectivity index (χ1n) is 8.15. The second kappa shape index (κ2) is 8.75. The number of nitrogens with one attached hydrogen (secondary N) is 1. The second-order valence-corrected chi connectivity index (χ2v) is 5.86. The van der Waals surface area contributed by atoms with E-state index in [9.17, 15) is 0 Å². The van der Waals surface area contributed by atoms with Crippen molar-refractivity contribution in [2.24, 2.45) is 0 Å². The predicted molar refractivity (Wildman–Crippen MR) is 106 cm³/mol. The molecule has 25 heavy (non-hydrogen) atoms. The summed E-state index contributed by atoms with van der Waals surface area (Å²) in [6.45, 7) is 2.97. The molecule has 0 heterocycles. The van der Waals surface area contributed by atoms with E-state index in [1.54, 1.807) is 14.2 Å². The van der Waals surface area contributed by atoms with Gasteiger partial charge in [-0.2, -0.15) is 0 Å². The molecule has 0 aliphatic heterocycles. The van der Waals surface area contributed by atoms with E-state index in [0.717, 1.165) is 18.0 Å². The molecule has 0 saturated heterocycles.